The Morgan fingerprint density at radius 1 is 1.17 bits per heavy atom. The number of hydrogen-bond donors (Lipinski definition) is 1. The molecular formula is C18H22N4O. The van der Waals surface area contributed by atoms with Gasteiger partial charge in [-0.25, -0.2) is 9.97 Å². The second-order valence-electron chi connectivity index (χ2n) is 6.03. The van der Waals surface area contributed by atoms with Gasteiger partial charge in [-0.15, -0.1) is 0 Å². The van der Waals surface area contributed by atoms with Crippen LogP contribution in [0.1, 0.15) is 40.0 Å². The van der Waals surface area contributed by atoms with Crippen molar-refractivity contribution in [3.8, 4) is 0 Å². The third-order valence-corrected chi connectivity index (χ3v) is 4.17. The zero-order chi connectivity index (χ0) is 16.2. The number of aromatic nitrogens is 2. The predicted molar refractivity (Wildman–Crippen MR) is 90.6 cm³/mol. The van der Waals surface area contributed by atoms with Gasteiger partial charge in [-0.1, -0.05) is 29.8 Å². The SMILES string of the molecule is Cc1ccc(CNC(=O)c2cnc(N3CCCC3)nc2C)cc1. The van der Waals surface area contributed by atoms with Crippen LogP contribution in [0.3, 0.4) is 0 Å². The van der Waals surface area contributed by atoms with E-state index in [4.69, 9.17) is 0 Å². The molecule has 5 nitrogen and oxygen atoms in total. The Kier molecular flexibility index (Phi) is 4.55. The standard InChI is InChI=1S/C18H22N4O/c1-13-5-7-15(8-6-13)11-19-17(23)16-12-20-18(21-14(16)2)22-9-3-4-10-22/h5-8,12H,3-4,9-11H2,1-2H3,(H,19,23). The molecule has 0 bridgehead atoms. The number of amides is 1. The first-order chi connectivity index (χ1) is 11.1. The van der Waals surface area contributed by atoms with Crippen LogP contribution in [0.2, 0.25) is 0 Å². The Balaban J connectivity index is 1.65. The largest absolute Gasteiger partial charge is 0.348 e. The second kappa shape index (κ2) is 6.77. The van der Waals surface area contributed by atoms with Crippen molar-refractivity contribution in [2.24, 2.45) is 0 Å². The van der Waals surface area contributed by atoms with E-state index in [0.717, 1.165) is 30.3 Å². The van der Waals surface area contributed by atoms with E-state index in [9.17, 15) is 4.79 Å². The Labute approximate surface area is 136 Å². The highest BCUT2D eigenvalue weighted by Gasteiger charge is 2.17. The van der Waals surface area contributed by atoms with Gasteiger partial charge >= 0.3 is 0 Å². The average molecular weight is 310 g/mol. The topological polar surface area (TPSA) is 58.1 Å². The molecule has 0 radical (unpaired) electrons. The molecule has 1 aromatic heterocycles. The van der Waals surface area contributed by atoms with Crippen LogP contribution in [-0.4, -0.2) is 29.0 Å². The van der Waals surface area contributed by atoms with Gasteiger partial charge < -0.3 is 10.2 Å². The summed E-state index contributed by atoms with van der Waals surface area (Å²) >= 11 is 0. The first kappa shape index (κ1) is 15.5. The summed E-state index contributed by atoms with van der Waals surface area (Å²) in [6, 6.07) is 8.13. The van der Waals surface area contributed by atoms with E-state index in [-0.39, 0.29) is 5.91 Å². The monoisotopic (exact) mass is 310 g/mol. The van der Waals surface area contributed by atoms with Crippen molar-refractivity contribution in [3.63, 3.8) is 0 Å². The zero-order valence-corrected chi connectivity index (χ0v) is 13.7. The lowest BCUT2D eigenvalue weighted by Gasteiger charge is -2.16. The Hall–Kier alpha value is -2.43. The lowest BCUT2D eigenvalue weighted by Crippen LogP contribution is -2.26. The van der Waals surface area contributed by atoms with Gasteiger partial charge in [0, 0.05) is 25.8 Å². The first-order valence-electron chi connectivity index (χ1n) is 8.06. The molecule has 1 saturated heterocycles. The van der Waals surface area contributed by atoms with Crippen LogP contribution in [0.15, 0.2) is 30.5 Å². The molecular weight excluding hydrogens is 288 g/mol. The summed E-state index contributed by atoms with van der Waals surface area (Å²) in [5.74, 6) is 0.603. The highest BCUT2D eigenvalue weighted by Crippen LogP contribution is 2.17. The van der Waals surface area contributed by atoms with E-state index in [1.54, 1.807) is 6.20 Å². The lowest BCUT2D eigenvalue weighted by atomic mass is 10.1. The van der Waals surface area contributed by atoms with Gasteiger partial charge in [0.1, 0.15) is 0 Å². The molecule has 0 atom stereocenters. The molecule has 3 rings (SSSR count). The fourth-order valence-electron chi connectivity index (χ4n) is 2.73. The van der Waals surface area contributed by atoms with Crippen molar-refractivity contribution in [1.82, 2.24) is 15.3 Å². The summed E-state index contributed by atoms with van der Waals surface area (Å²) in [7, 11) is 0. The molecule has 0 spiro atoms. The molecule has 120 valence electrons. The number of aryl methyl sites for hydroxylation is 2. The highest BCUT2D eigenvalue weighted by atomic mass is 16.1. The van der Waals surface area contributed by atoms with Gasteiger partial charge in [0.15, 0.2) is 0 Å². The predicted octanol–water partition coefficient (Wildman–Crippen LogP) is 2.62. The molecule has 5 heteroatoms. The fourth-order valence-corrected chi connectivity index (χ4v) is 2.73. The summed E-state index contributed by atoms with van der Waals surface area (Å²) < 4.78 is 0. The number of hydrogen-bond acceptors (Lipinski definition) is 4. The molecule has 1 amide bonds. The maximum Gasteiger partial charge on any atom is 0.254 e. The van der Waals surface area contributed by atoms with E-state index >= 15 is 0 Å². The van der Waals surface area contributed by atoms with Gasteiger partial charge in [0.25, 0.3) is 5.91 Å². The van der Waals surface area contributed by atoms with Crippen molar-refractivity contribution in [3.05, 3.63) is 52.8 Å². The van der Waals surface area contributed by atoms with E-state index in [0.29, 0.717) is 12.1 Å². The van der Waals surface area contributed by atoms with Crippen LogP contribution in [-0.2, 0) is 6.54 Å². The quantitative estimate of drug-likeness (QED) is 0.943. The summed E-state index contributed by atoms with van der Waals surface area (Å²) in [5, 5.41) is 2.93. The number of anilines is 1. The smallest absolute Gasteiger partial charge is 0.254 e. The van der Waals surface area contributed by atoms with Crippen molar-refractivity contribution in [1.29, 1.82) is 0 Å². The van der Waals surface area contributed by atoms with Crippen LogP contribution in [0.5, 0.6) is 0 Å². The van der Waals surface area contributed by atoms with Crippen molar-refractivity contribution >= 4 is 11.9 Å². The van der Waals surface area contributed by atoms with Crippen molar-refractivity contribution < 1.29 is 4.79 Å². The van der Waals surface area contributed by atoms with Gasteiger partial charge in [0.05, 0.1) is 11.3 Å². The molecule has 2 aromatic rings. The first-order valence-corrected chi connectivity index (χ1v) is 8.06. The highest BCUT2D eigenvalue weighted by molar-refractivity contribution is 5.94. The van der Waals surface area contributed by atoms with Crippen molar-refractivity contribution in [2.75, 3.05) is 18.0 Å². The zero-order valence-electron chi connectivity index (χ0n) is 13.7. The molecule has 0 aliphatic carbocycles. The minimum Gasteiger partial charge on any atom is -0.348 e. The Morgan fingerprint density at radius 2 is 1.87 bits per heavy atom. The number of rotatable bonds is 4. The van der Waals surface area contributed by atoms with Crippen LogP contribution in [0.25, 0.3) is 0 Å². The number of benzene rings is 1. The molecule has 0 unspecified atom stereocenters. The Morgan fingerprint density at radius 3 is 2.52 bits per heavy atom. The van der Waals surface area contributed by atoms with Gasteiger partial charge in [-0.05, 0) is 32.3 Å². The van der Waals surface area contributed by atoms with Crippen LogP contribution in [0, 0.1) is 13.8 Å². The van der Waals surface area contributed by atoms with Crippen LogP contribution < -0.4 is 10.2 Å². The summed E-state index contributed by atoms with van der Waals surface area (Å²) in [6.07, 6.45) is 4.00. The van der Waals surface area contributed by atoms with Gasteiger partial charge in [-0.3, -0.25) is 4.79 Å². The Bertz CT molecular complexity index is 691. The minimum absolute atomic E-state index is 0.129. The van der Waals surface area contributed by atoms with Crippen molar-refractivity contribution in [2.45, 2.75) is 33.2 Å². The number of nitrogens with zero attached hydrogens (tertiary/aromatic N) is 3. The second-order valence-corrected chi connectivity index (χ2v) is 6.03. The molecule has 1 aromatic carbocycles. The number of carbonyl (C=O) groups excluding carboxylic acids is 1. The molecule has 2 heterocycles. The third-order valence-electron chi connectivity index (χ3n) is 4.17. The van der Waals surface area contributed by atoms with E-state index < -0.39 is 0 Å². The number of nitrogens with one attached hydrogen (secondary N) is 1. The number of carbonyl (C=O) groups is 1. The summed E-state index contributed by atoms with van der Waals surface area (Å²) in [6.45, 7) is 6.41. The lowest BCUT2D eigenvalue weighted by molar-refractivity contribution is 0.0949. The molecule has 1 N–H and O–H groups in total. The molecule has 1 aliphatic rings. The molecule has 1 fully saturated rings. The maximum absolute atomic E-state index is 12.3. The average Bonchev–Trinajstić information content (AvgIpc) is 3.08. The van der Waals surface area contributed by atoms with E-state index in [2.05, 4.69) is 20.2 Å². The normalized spacial score (nSPS) is 14.1. The molecule has 23 heavy (non-hydrogen) atoms. The van der Waals surface area contributed by atoms with E-state index in [1.165, 1.54) is 18.4 Å². The molecule has 0 saturated carbocycles. The van der Waals surface area contributed by atoms with Gasteiger partial charge in [-0.2, -0.15) is 0 Å². The fraction of sp³-hybridized carbons (Fsp3) is 0.389. The van der Waals surface area contributed by atoms with Gasteiger partial charge in [0.2, 0.25) is 5.95 Å². The third kappa shape index (κ3) is 3.67. The van der Waals surface area contributed by atoms with Crippen LogP contribution >= 0.6 is 0 Å². The maximum atomic E-state index is 12.3. The van der Waals surface area contributed by atoms with Crippen LogP contribution in [0.4, 0.5) is 5.95 Å². The minimum atomic E-state index is -0.129. The summed E-state index contributed by atoms with van der Waals surface area (Å²) in [5.41, 5.74) is 3.56. The van der Waals surface area contributed by atoms with E-state index in [1.807, 2.05) is 38.1 Å². The molecule has 1 aliphatic heterocycles. The summed E-state index contributed by atoms with van der Waals surface area (Å²) in [4.78, 5) is 23.4.